The average Bonchev–Trinajstić information content (AvgIpc) is 2.92. The van der Waals surface area contributed by atoms with E-state index in [1.54, 1.807) is 69.3 Å². The Bertz CT molecular complexity index is 1430. The summed E-state index contributed by atoms with van der Waals surface area (Å²) < 4.78 is 5.53. The number of pyridine rings is 1. The van der Waals surface area contributed by atoms with Gasteiger partial charge >= 0.3 is 5.97 Å². The molecule has 2 N–H and O–H groups in total. The molecule has 0 saturated heterocycles. The molecule has 1 aromatic heterocycles. The SMILES string of the molecule is CC(C)N1CCc2nc(C(=O)Nc3cc(C(=O)OC(C)(C)C)ccc3CCC(=O)Nc3ccc(Cl)cc3)ccc2C1. The number of aryl methyl sites for hydroxylation is 1. The molecule has 0 fully saturated rings. The van der Waals surface area contributed by atoms with E-state index in [2.05, 4.69) is 34.4 Å². The van der Waals surface area contributed by atoms with Gasteiger partial charge in [0.1, 0.15) is 11.3 Å². The second-order valence-corrected chi connectivity index (χ2v) is 11.9. The van der Waals surface area contributed by atoms with Crippen LogP contribution in [0.4, 0.5) is 11.4 Å². The molecule has 2 aromatic carbocycles. The summed E-state index contributed by atoms with van der Waals surface area (Å²) in [4.78, 5) is 45.8. The summed E-state index contributed by atoms with van der Waals surface area (Å²) in [5.41, 5.74) is 3.77. The zero-order chi connectivity index (χ0) is 29.7. The van der Waals surface area contributed by atoms with Gasteiger partial charge < -0.3 is 15.4 Å². The van der Waals surface area contributed by atoms with Crippen LogP contribution < -0.4 is 10.6 Å². The van der Waals surface area contributed by atoms with Crippen LogP contribution in [0.25, 0.3) is 0 Å². The van der Waals surface area contributed by atoms with Gasteiger partial charge in [-0.15, -0.1) is 0 Å². The van der Waals surface area contributed by atoms with Crippen molar-refractivity contribution in [3.05, 3.63) is 87.7 Å². The van der Waals surface area contributed by atoms with E-state index in [1.165, 1.54) is 0 Å². The highest BCUT2D eigenvalue weighted by atomic mass is 35.5. The highest BCUT2D eigenvalue weighted by Gasteiger charge is 2.23. The fourth-order valence-corrected chi connectivity index (χ4v) is 4.70. The summed E-state index contributed by atoms with van der Waals surface area (Å²) in [6, 6.07) is 16.0. The second-order valence-electron chi connectivity index (χ2n) is 11.5. The molecular weight excluding hydrogens is 540 g/mol. The van der Waals surface area contributed by atoms with Crippen LogP contribution >= 0.6 is 11.6 Å². The molecule has 41 heavy (non-hydrogen) atoms. The Labute approximate surface area is 246 Å². The third kappa shape index (κ3) is 8.38. The van der Waals surface area contributed by atoms with Crippen molar-refractivity contribution in [1.29, 1.82) is 0 Å². The number of hydrogen-bond donors (Lipinski definition) is 2. The molecule has 1 aliphatic heterocycles. The minimum Gasteiger partial charge on any atom is -0.456 e. The van der Waals surface area contributed by atoms with Gasteiger partial charge in [0, 0.05) is 54.1 Å². The minimum atomic E-state index is -0.670. The smallest absolute Gasteiger partial charge is 0.338 e. The van der Waals surface area contributed by atoms with Gasteiger partial charge in [0.05, 0.1) is 5.56 Å². The Morgan fingerprint density at radius 2 is 1.76 bits per heavy atom. The van der Waals surface area contributed by atoms with E-state index in [9.17, 15) is 14.4 Å². The van der Waals surface area contributed by atoms with Crippen molar-refractivity contribution in [1.82, 2.24) is 9.88 Å². The number of fused-ring (bicyclic) bond motifs is 1. The molecule has 9 heteroatoms. The van der Waals surface area contributed by atoms with Crippen LogP contribution in [0.1, 0.15) is 78.7 Å². The monoisotopic (exact) mass is 576 g/mol. The lowest BCUT2D eigenvalue weighted by molar-refractivity contribution is -0.116. The van der Waals surface area contributed by atoms with E-state index in [4.69, 9.17) is 16.3 Å². The van der Waals surface area contributed by atoms with E-state index in [-0.39, 0.29) is 18.2 Å². The number of benzene rings is 2. The fraction of sp³-hybridized carbons (Fsp3) is 0.375. The summed E-state index contributed by atoms with van der Waals surface area (Å²) in [7, 11) is 0. The maximum Gasteiger partial charge on any atom is 0.338 e. The molecule has 1 aliphatic rings. The number of nitrogens with one attached hydrogen (secondary N) is 2. The Kier molecular flexibility index (Phi) is 9.46. The quantitative estimate of drug-likeness (QED) is 0.306. The lowest BCUT2D eigenvalue weighted by Gasteiger charge is -2.31. The molecule has 2 amide bonds. The summed E-state index contributed by atoms with van der Waals surface area (Å²) in [6.45, 7) is 11.4. The van der Waals surface area contributed by atoms with E-state index in [1.807, 2.05) is 6.07 Å². The third-order valence-corrected chi connectivity index (χ3v) is 7.03. The van der Waals surface area contributed by atoms with Crippen molar-refractivity contribution in [2.45, 2.75) is 72.1 Å². The van der Waals surface area contributed by atoms with Crippen LogP contribution in [-0.2, 0) is 28.9 Å². The largest absolute Gasteiger partial charge is 0.456 e. The minimum absolute atomic E-state index is 0.167. The van der Waals surface area contributed by atoms with Gasteiger partial charge in [-0.2, -0.15) is 0 Å². The first-order chi connectivity index (χ1) is 19.4. The first-order valence-electron chi connectivity index (χ1n) is 13.8. The lowest BCUT2D eigenvalue weighted by Crippen LogP contribution is -2.36. The number of rotatable bonds is 8. The molecule has 216 valence electrons. The van der Waals surface area contributed by atoms with Crippen molar-refractivity contribution in [3.63, 3.8) is 0 Å². The number of hydrogen-bond acceptors (Lipinski definition) is 6. The fourth-order valence-electron chi connectivity index (χ4n) is 4.57. The molecule has 0 spiro atoms. The molecule has 3 aromatic rings. The number of ether oxygens (including phenoxy) is 1. The Balaban J connectivity index is 1.53. The van der Waals surface area contributed by atoms with Crippen molar-refractivity contribution in [2.24, 2.45) is 0 Å². The van der Waals surface area contributed by atoms with Crippen LogP contribution in [-0.4, -0.2) is 45.9 Å². The number of amides is 2. The summed E-state index contributed by atoms with van der Waals surface area (Å²) in [5, 5.41) is 6.36. The Morgan fingerprint density at radius 3 is 2.44 bits per heavy atom. The van der Waals surface area contributed by atoms with Crippen molar-refractivity contribution >= 4 is 40.8 Å². The Hall–Kier alpha value is -3.75. The zero-order valence-corrected chi connectivity index (χ0v) is 25.0. The van der Waals surface area contributed by atoms with Crippen LogP contribution in [0, 0.1) is 0 Å². The van der Waals surface area contributed by atoms with Crippen LogP contribution in [0.2, 0.25) is 5.02 Å². The molecule has 0 saturated carbocycles. The van der Waals surface area contributed by atoms with Crippen LogP contribution in [0.5, 0.6) is 0 Å². The highest BCUT2D eigenvalue weighted by Crippen LogP contribution is 2.24. The highest BCUT2D eigenvalue weighted by molar-refractivity contribution is 6.30. The number of carbonyl (C=O) groups is 3. The number of halogens is 1. The van der Waals surface area contributed by atoms with Gasteiger partial charge in [-0.1, -0.05) is 23.7 Å². The number of anilines is 2. The Morgan fingerprint density at radius 1 is 1.02 bits per heavy atom. The number of aromatic nitrogens is 1. The van der Waals surface area contributed by atoms with E-state index in [0.717, 1.165) is 30.8 Å². The van der Waals surface area contributed by atoms with Gasteiger partial charge in [0.2, 0.25) is 5.91 Å². The maximum atomic E-state index is 13.4. The van der Waals surface area contributed by atoms with E-state index < -0.39 is 11.6 Å². The standard InChI is InChI=1S/C32H37ClN4O4/c1-20(2)37-17-16-26-23(19-37)8-14-27(35-26)30(39)36-28-18-22(31(40)41-32(3,4)5)7-6-21(28)9-15-29(38)34-25-12-10-24(33)11-13-25/h6-8,10-14,18,20H,9,15-17,19H2,1-5H3,(H,34,38)(H,36,39). The van der Waals surface area contributed by atoms with E-state index in [0.29, 0.717) is 45.7 Å². The van der Waals surface area contributed by atoms with Crippen molar-refractivity contribution < 1.29 is 19.1 Å². The molecule has 8 nitrogen and oxygen atoms in total. The maximum absolute atomic E-state index is 13.4. The topological polar surface area (TPSA) is 101 Å². The summed E-state index contributed by atoms with van der Waals surface area (Å²) in [5.74, 6) is -1.07. The predicted molar refractivity (Wildman–Crippen MR) is 161 cm³/mol. The van der Waals surface area contributed by atoms with Gasteiger partial charge in [-0.25, -0.2) is 9.78 Å². The van der Waals surface area contributed by atoms with Gasteiger partial charge in [0.15, 0.2) is 0 Å². The second kappa shape index (κ2) is 12.8. The molecule has 0 radical (unpaired) electrons. The van der Waals surface area contributed by atoms with Crippen LogP contribution in [0.3, 0.4) is 0 Å². The molecule has 0 aliphatic carbocycles. The molecule has 4 rings (SSSR count). The predicted octanol–water partition coefficient (Wildman–Crippen LogP) is 6.28. The average molecular weight is 577 g/mol. The van der Waals surface area contributed by atoms with Gasteiger partial charge in [0.25, 0.3) is 5.91 Å². The van der Waals surface area contributed by atoms with Crippen LogP contribution in [0.15, 0.2) is 54.6 Å². The summed E-state index contributed by atoms with van der Waals surface area (Å²) >= 11 is 5.93. The van der Waals surface area contributed by atoms with Crippen molar-refractivity contribution in [3.8, 4) is 0 Å². The lowest BCUT2D eigenvalue weighted by atomic mass is 10.0. The normalized spacial score (nSPS) is 13.4. The molecule has 2 heterocycles. The number of esters is 1. The van der Waals surface area contributed by atoms with E-state index >= 15 is 0 Å². The third-order valence-electron chi connectivity index (χ3n) is 6.78. The molecule has 0 atom stereocenters. The molecule has 0 unspecified atom stereocenters. The first-order valence-corrected chi connectivity index (χ1v) is 14.2. The zero-order valence-electron chi connectivity index (χ0n) is 24.2. The van der Waals surface area contributed by atoms with Gasteiger partial charge in [-0.05, 0) is 94.6 Å². The van der Waals surface area contributed by atoms with Gasteiger partial charge in [-0.3, -0.25) is 14.5 Å². The first kappa shape index (κ1) is 30.2. The number of carbonyl (C=O) groups excluding carboxylic acids is 3. The molecule has 0 bridgehead atoms. The number of nitrogens with zero attached hydrogens (tertiary/aromatic N) is 2. The summed E-state index contributed by atoms with van der Waals surface area (Å²) in [6.07, 6.45) is 1.28. The van der Waals surface area contributed by atoms with Crippen molar-refractivity contribution in [2.75, 3.05) is 17.2 Å². The molecular formula is C32H37ClN4O4.